The SMILES string of the molecule is O=c1cnnc(NN2CCOCC2)[nH]1. The van der Waals surface area contributed by atoms with Crippen LogP contribution in [0.1, 0.15) is 0 Å². The molecule has 0 bridgehead atoms. The number of hydrogen-bond acceptors (Lipinski definition) is 6. The minimum absolute atomic E-state index is 0.268. The molecule has 0 spiro atoms. The first-order chi connectivity index (χ1) is 6.84. The lowest BCUT2D eigenvalue weighted by atomic mass is 10.5. The molecule has 2 N–H and O–H groups in total. The molecule has 0 saturated carbocycles. The Balaban J connectivity index is 1.99. The highest BCUT2D eigenvalue weighted by molar-refractivity contribution is 5.18. The Kier molecular flexibility index (Phi) is 2.70. The average molecular weight is 197 g/mol. The summed E-state index contributed by atoms with van der Waals surface area (Å²) >= 11 is 0. The van der Waals surface area contributed by atoms with Crippen molar-refractivity contribution < 1.29 is 4.74 Å². The highest BCUT2D eigenvalue weighted by Gasteiger charge is 2.10. The van der Waals surface area contributed by atoms with Crippen molar-refractivity contribution >= 4 is 5.95 Å². The number of hydrogen-bond donors (Lipinski definition) is 2. The molecule has 7 nitrogen and oxygen atoms in total. The molecule has 1 saturated heterocycles. The molecule has 2 rings (SSSR count). The molecule has 1 aliphatic rings. The van der Waals surface area contributed by atoms with Crippen molar-refractivity contribution in [2.75, 3.05) is 31.7 Å². The number of aromatic amines is 1. The van der Waals surface area contributed by atoms with Crippen molar-refractivity contribution in [2.24, 2.45) is 0 Å². The number of rotatable bonds is 2. The molecule has 0 aromatic carbocycles. The standard InChI is InChI=1S/C7H11N5O2/c13-6-5-8-10-7(9-6)11-12-1-3-14-4-2-12/h5H,1-4H2,(H2,9,10,11,13). The molecule has 2 heterocycles. The zero-order valence-corrected chi connectivity index (χ0v) is 7.56. The van der Waals surface area contributed by atoms with E-state index in [2.05, 4.69) is 20.6 Å². The third-order valence-electron chi connectivity index (χ3n) is 1.85. The first-order valence-electron chi connectivity index (χ1n) is 4.36. The summed E-state index contributed by atoms with van der Waals surface area (Å²) < 4.78 is 5.17. The molecule has 0 amide bonds. The van der Waals surface area contributed by atoms with Gasteiger partial charge in [0, 0.05) is 13.1 Å². The van der Waals surface area contributed by atoms with Crippen LogP contribution in [0.2, 0.25) is 0 Å². The number of nitrogens with zero attached hydrogens (tertiary/aromatic N) is 3. The predicted molar refractivity (Wildman–Crippen MR) is 48.7 cm³/mol. The summed E-state index contributed by atoms with van der Waals surface area (Å²) in [6, 6.07) is 0. The Hall–Kier alpha value is -1.47. The van der Waals surface area contributed by atoms with E-state index >= 15 is 0 Å². The van der Waals surface area contributed by atoms with E-state index in [-0.39, 0.29) is 5.56 Å². The van der Waals surface area contributed by atoms with E-state index in [0.717, 1.165) is 19.3 Å². The molecular formula is C7H11N5O2. The third kappa shape index (κ3) is 2.27. The number of ether oxygens (including phenoxy) is 1. The van der Waals surface area contributed by atoms with Crippen molar-refractivity contribution in [1.29, 1.82) is 0 Å². The Morgan fingerprint density at radius 2 is 2.29 bits per heavy atom. The van der Waals surface area contributed by atoms with Gasteiger partial charge in [-0.15, -0.1) is 10.2 Å². The molecule has 1 aromatic rings. The predicted octanol–water partition coefficient (Wildman–Crippen LogP) is -1.18. The van der Waals surface area contributed by atoms with Crippen LogP contribution in [0.4, 0.5) is 5.95 Å². The van der Waals surface area contributed by atoms with Crippen LogP contribution in [0.5, 0.6) is 0 Å². The second-order valence-electron chi connectivity index (χ2n) is 2.89. The van der Waals surface area contributed by atoms with Crippen LogP contribution < -0.4 is 11.0 Å². The molecule has 1 aromatic heterocycles. The van der Waals surface area contributed by atoms with E-state index in [4.69, 9.17) is 4.74 Å². The number of hydrazine groups is 1. The summed E-state index contributed by atoms with van der Waals surface area (Å²) in [7, 11) is 0. The normalized spacial score (nSPS) is 18.0. The van der Waals surface area contributed by atoms with Gasteiger partial charge >= 0.3 is 0 Å². The van der Waals surface area contributed by atoms with Crippen molar-refractivity contribution in [1.82, 2.24) is 20.2 Å². The van der Waals surface area contributed by atoms with Gasteiger partial charge in [-0.3, -0.25) is 15.2 Å². The van der Waals surface area contributed by atoms with Crippen LogP contribution in [-0.2, 0) is 4.74 Å². The average Bonchev–Trinajstić information content (AvgIpc) is 2.19. The molecule has 76 valence electrons. The fraction of sp³-hybridized carbons (Fsp3) is 0.571. The maximum atomic E-state index is 10.9. The Morgan fingerprint density at radius 1 is 1.50 bits per heavy atom. The Labute approximate surface area is 80.1 Å². The molecule has 14 heavy (non-hydrogen) atoms. The van der Waals surface area contributed by atoms with Gasteiger partial charge in [0.1, 0.15) is 6.20 Å². The van der Waals surface area contributed by atoms with Crippen molar-refractivity contribution in [3.63, 3.8) is 0 Å². The minimum atomic E-state index is -0.268. The third-order valence-corrected chi connectivity index (χ3v) is 1.85. The van der Waals surface area contributed by atoms with Gasteiger partial charge in [-0.1, -0.05) is 0 Å². The molecule has 0 aliphatic carbocycles. The van der Waals surface area contributed by atoms with Crippen LogP contribution in [0.3, 0.4) is 0 Å². The van der Waals surface area contributed by atoms with Crippen molar-refractivity contribution in [2.45, 2.75) is 0 Å². The van der Waals surface area contributed by atoms with E-state index in [1.807, 2.05) is 5.01 Å². The van der Waals surface area contributed by atoms with Crippen molar-refractivity contribution in [3.8, 4) is 0 Å². The Bertz CT molecular complexity index is 346. The lowest BCUT2D eigenvalue weighted by molar-refractivity contribution is 0.0492. The van der Waals surface area contributed by atoms with Crippen LogP contribution in [0.15, 0.2) is 11.0 Å². The summed E-state index contributed by atoms with van der Waals surface area (Å²) in [6.45, 7) is 2.88. The second kappa shape index (κ2) is 4.16. The van der Waals surface area contributed by atoms with Gasteiger partial charge in [0.05, 0.1) is 13.2 Å². The fourth-order valence-corrected chi connectivity index (χ4v) is 1.19. The van der Waals surface area contributed by atoms with Gasteiger partial charge in [-0.25, -0.2) is 5.01 Å². The molecular weight excluding hydrogens is 186 g/mol. The molecule has 0 unspecified atom stereocenters. The maximum Gasteiger partial charge on any atom is 0.271 e. The highest BCUT2D eigenvalue weighted by Crippen LogP contribution is 1.98. The van der Waals surface area contributed by atoms with Gasteiger partial charge in [-0.05, 0) is 0 Å². The topological polar surface area (TPSA) is 83.1 Å². The zero-order chi connectivity index (χ0) is 9.80. The number of H-pyrrole nitrogens is 1. The monoisotopic (exact) mass is 197 g/mol. The number of aromatic nitrogens is 3. The maximum absolute atomic E-state index is 10.9. The van der Waals surface area contributed by atoms with E-state index in [0.29, 0.717) is 19.2 Å². The lowest BCUT2D eigenvalue weighted by Gasteiger charge is -2.26. The first kappa shape index (κ1) is 9.10. The molecule has 1 fully saturated rings. The first-order valence-corrected chi connectivity index (χ1v) is 4.36. The van der Waals surface area contributed by atoms with Crippen molar-refractivity contribution in [3.05, 3.63) is 16.6 Å². The van der Waals surface area contributed by atoms with Crippen LogP contribution in [0.25, 0.3) is 0 Å². The highest BCUT2D eigenvalue weighted by atomic mass is 16.5. The van der Waals surface area contributed by atoms with E-state index in [9.17, 15) is 4.79 Å². The minimum Gasteiger partial charge on any atom is -0.379 e. The largest absolute Gasteiger partial charge is 0.379 e. The van der Waals surface area contributed by atoms with Gasteiger partial charge < -0.3 is 4.74 Å². The van der Waals surface area contributed by atoms with E-state index < -0.39 is 0 Å². The van der Waals surface area contributed by atoms with Crippen LogP contribution in [0, 0.1) is 0 Å². The van der Waals surface area contributed by atoms with Gasteiger partial charge in [0.25, 0.3) is 5.56 Å². The lowest BCUT2D eigenvalue weighted by Crippen LogP contribution is -2.41. The van der Waals surface area contributed by atoms with E-state index in [1.54, 1.807) is 0 Å². The smallest absolute Gasteiger partial charge is 0.271 e. The summed E-state index contributed by atoms with van der Waals surface area (Å²) in [5.41, 5.74) is 2.68. The fourth-order valence-electron chi connectivity index (χ4n) is 1.19. The molecule has 0 atom stereocenters. The summed E-state index contributed by atoms with van der Waals surface area (Å²) in [5.74, 6) is 0.361. The molecule has 0 radical (unpaired) electrons. The van der Waals surface area contributed by atoms with Crippen LogP contribution >= 0.6 is 0 Å². The zero-order valence-electron chi connectivity index (χ0n) is 7.56. The summed E-state index contributed by atoms with van der Waals surface area (Å²) in [5, 5.41) is 9.19. The van der Waals surface area contributed by atoms with Gasteiger partial charge in [0.15, 0.2) is 0 Å². The Morgan fingerprint density at radius 3 is 3.00 bits per heavy atom. The molecule has 7 heteroatoms. The number of morpholine rings is 1. The molecule has 1 aliphatic heterocycles. The summed E-state index contributed by atoms with van der Waals surface area (Å²) in [4.78, 5) is 13.4. The van der Waals surface area contributed by atoms with Crippen LogP contribution in [-0.4, -0.2) is 46.5 Å². The quantitative estimate of drug-likeness (QED) is 0.621. The summed E-state index contributed by atoms with van der Waals surface area (Å²) in [6.07, 6.45) is 1.13. The van der Waals surface area contributed by atoms with Gasteiger partial charge in [-0.2, -0.15) is 0 Å². The van der Waals surface area contributed by atoms with Gasteiger partial charge in [0.2, 0.25) is 5.95 Å². The number of nitrogens with one attached hydrogen (secondary N) is 2. The second-order valence-corrected chi connectivity index (χ2v) is 2.89. The van der Waals surface area contributed by atoms with E-state index in [1.165, 1.54) is 0 Å². The number of anilines is 1.